The molecule has 3 aromatic rings. The third kappa shape index (κ3) is 5.18. The maximum atomic E-state index is 12.8. The zero-order valence-electron chi connectivity index (χ0n) is 18.0. The van der Waals surface area contributed by atoms with Crippen LogP contribution in [0.2, 0.25) is 10.0 Å². The number of nitrogens with zero attached hydrogens (tertiary/aromatic N) is 1. The van der Waals surface area contributed by atoms with Crippen LogP contribution < -0.4 is 10.6 Å². The SMILES string of the molecule is CCNCCc1cn(CC(=O)Nc2cccc(C(C)(C)C)c2)c2c(Cl)c(Cl)ccc12. The van der Waals surface area contributed by atoms with Gasteiger partial charge < -0.3 is 15.2 Å². The van der Waals surface area contributed by atoms with Crippen molar-refractivity contribution in [3.63, 3.8) is 0 Å². The normalized spacial score (nSPS) is 11.8. The van der Waals surface area contributed by atoms with E-state index in [9.17, 15) is 4.79 Å². The number of fused-ring (bicyclic) bond motifs is 1. The van der Waals surface area contributed by atoms with E-state index in [0.717, 1.165) is 41.7 Å². The van der Waals surface area contributed by atoms with Gasteiger partial charge in [0.15, 0.2) is 0 Å². The highest BCUT2D eigenvalue weighted by molar-refractivity contribution is 6.45. The number of amides is 1. The Kier molecular flexibility index (Phi) is 7.12. The topological polar surface area (TPSA) is 46.1 Å². The minimum absolute atomic E-state index is 0.0169. The molecular formula is C24H29Cl2N3O. The fourth-order valence-electron chi connectivity index (χ4n) is 3.54. The van der Waals surface area contributed by atoms with Crippen LogP contribution in [-0.2, 0) is 23.2 Å². The smallest absolute Gasteiger partial charge is 0.244 e. The lowest BCUT2D eigenvalue weighted by molar-refractivity contribution is -0.116. The molecule has 6 heteroatoms. The molecule has 4 nitrogen and oxygen atoms in total. The quantitative estimate of drug-likeness (QED) is 0.435. The summed E-state index contributed by atoms with van der Waals surface area (Å²) in [5.74, 6) is -0.104. The Bertz CT molecular complexity index is 1050. The van der Waals surface area contributed by atoms with Crippen LogP contribution in [0.1, 0.15) is 38.8 Å². The fourth-order valence-corrected chi connectivity index (χ4v) is 3.97. The zero-order valence-corrected chi connectivity index (χ0v) is 19.5. The first kappa shape index (κ1) is 22.7. The number of aromatic nitrogens is 1. The molecule has 2 aromatic carbocycles. The summed E-state index contributed by atoms with van der Waals surface area (Å²) in [5, 5.41) is 8.35. The highest BCUT2D eigenvalue weighted by atomic mass is 35.5. The predicted octanol–water partition coefficient (Wildman–Crippen LogP) is 6.04. The second-order valence-corrected chi connectivity index (χ2v) is 9.31. The summed E-state index contributed by atoms with van der Waals surface area (Å²) in [6, 6.07) is 11.8. The van der Waals surface area contributed by atoms with Gasteiger partial charge in [-0.2, -0.15) is 0 Å². The number of carbonyl (C=O) groups is 1. The average Bonchev–Trinajstić information content (AvgIpc) is 3.02. The summed E-state index contributed by atoms with van der Waals surface area (Å²) in [6.07, 6.45) is 2.86. The molecular weight excluding hydrogens is 417 g/mol. The van der Waals surface area contributed by atoms with Crippen molar-refractivity contribution < 1.29 is 4.79 Å². The van der Waals surface area contributed by atoms with Crippen molar-refractivity contribution in [1.82, 2.24) is 9.88 Å². The van der Waals surface area contributed by atoms with Crippen LogP contribution in [0, 0.1) is 0 Å². The summed E-state index contributed by atoms with van der Waals surface area (Å²) < 4.78 is 1.90. The first-order chi connectivity index (χ1) is 14.2. The average molecular weight is 446 g/mol. The first-order valence-electron chi connectivity index (χ1n) is 10.3. The van der Waals surface area contributed by atoms with Gasteiger partial charge in [0.25, 0.3) is 0 Å². The van der Waals surface area contributed by atoms with E-state index < -0.39 is 0 Å². The van der Waals surface area contributed by atoms with Crippen molar-refractivity contribution in [3.8, 4) is 0 Å². The maximum Gasteiger partial charge on any atom is 0.244 e. The Labute approximate surface area is 188 Å². The molecule has 0 saturated heterocycles. The van der Waals surface area contributed by atoms with Gasteiger partial charge in [-0.3, -0.25) is 4.79 Å². The second-order valence-electron chi connectivity index (χ2n) is 8.52. The van der Waals surface area contributed by atoms with E-state index in [4.69, 9.17) is 23.2 Å². The highest BCUT2D eigenvalue weighted by Crippen LogP contribution is 2.34. The predicted molar refractivity (Wildman–Crippen MR) is 128 cm³/mol. The number of carbonyl (C=O) groups excluding carboxylic acids is 1. The zero-order chi connectivity index (χ0) is 21.9. The molecule has 3 rings (SSSR count). The first-order valence-corrected chi connectivity index (χ1v) is 11.0. The Morgan fingerprint density at radius 2 is 1.90 bits per heavy atom. The summed E-state index contributed by atoms with van der Waals surface area (Å²) >= 11 is 12.8. The maximum absolute atomic E-state index is 12.8. The van der Waals surface area contributed by atoms with Gasteiger partial charge in [-0.05, 0) is 54.3 Å². The number of halogens is 2. The Hall–Kier alpha value is -2.01. The van der Waals surface area contributed by atoms with Crippen LogP contribution in [-0.4, -0.2) is 23.6 Å². The minimum atomic E-state index is -0.104. The molecule has 0 unspecified atom stereocenters. The molecule has 1 heterocycles. The molecule has 0 aliphatic rings. The molecule has 0 radical (unpaired) electrons. The van der Waals surface area contributed by atoms with Gasteiger partial charge in [0.2, 0.25) is 5.91 Å². The van der Waals surface area contributed by atoms with Crippen LogP contribution in [0.4, 0.5) is 5.69 Å². The van der Waals surface area contributed by atoms with E-state index in [1.54, 1.807) is 0 Å². The van der Waals surface area contributed by atoms with Crippen molar-refractivity contribution in [2.75, 3.05) is 18.4 Å². The third-order valence-electron chi connectivity index (χ3n) is 5.16. The molecule has 0 atom stereocenters. The summed E-state index contributed by atoms with van der Waals surface area (Å²) in [6.45, 7) is 10.5. The molecule has 1 amide bonds. The lowest BCUT2D eigenvalue weighted by Gasteiger charge is -2.20. The van der Waals surface area contributed by atoms with Crippen molar-refractivity contribution in [1.29, 1.82) is 0 Å². The fraction of sp³-hybridized carbons (Fsp3) is 0.375. The molecule has 0 saturated carbocycles. The summed E-state index contributed by atoms with van der Waals surface area (Å²) in [5.41, 5.74) is 3.93. The molecule has 0 fully saturated rings. The second kappa shape index (κ2) is 9.42. The molecule has 0 aliphatic heterocycles. The molecule has 0 bridgehead atoms. The van der Waals surface area contributed by atoms with Crippen molar-refractivity contribution in [2.24, 2.45) is 0 Å². The number of likely N-dealkylation sites (N-methyl/N-ethyl adjacent to an activating group) is 1. The van der Waals surface area contributed by atoms with Gasteiger partial charge in [-0.1, -0.05) is 69.1 Å². The lowest BCUT2D eigenvalue weighted by Crippen LogP contribution is -2.19. The number of nitrogens with one attached hydrogen (secondary N) is 2. The van der Waals surface area contributed by atoms with Gasteiger partial charge in [-0.25, -0.2) is 0 Å². The number of anilines is 1. The van der Waals surface area contributed by atoms with Crippen molar-refractivity contribution in [2.45, 2.75) is 46.1 Å². The standard InChI is InChI=1S/C24H29Cl2N3O/c1-5-27-12-11-16-14-29(23-19(16)9-10-20(25)22(23)26)15-21(30)28-18-8-6-7-17(13-18)24(2,3)4/h6-10,13-14,27H,5,11-12,15H2,1-4H3,(H,28,30). The number of hydrogen-bond acceptors (Lipinski definition) is 2. The Morgan fingerprint density at radius 3 is 2.60 bits per heavy atom. The monoisotopic (exact) mass is 445 g/mol. The van der Waals surface area contributed by atoms with Gasteiger partial charge in [0.05, 0.1) is 15.6 Å². The molecule has 160 valence electrons. The summed E-state index contributed by atoms with van der Waals surface area (Å²) in [4.78, 5) is 12.8. The molecule has 2 N–H and O–H groups in total. The van der Waals surface area contributed by atoms with Gasteiger partial charge in [0, 0.05) is 17.3 Å². The van der Waals surface area contributed by atoms with Crippen molar-refractivity contribution in [3.05, 3.63) is 63.8 Å². The van der Waals surface area contributed by atoms with Crippen LogP contribution in [0.3, 0.4) is 0 Å². The number of benzene rings is 2. The van der Waals surface area contributed by atoms with Crippen LogP contribution in [0.5, 0.6) is 0 Å². The van der Waals surface area contributed by atoms with Crippen LogP contribution in [0.25, 0.3) is 10.9 Å². The van der Waals surface area contributed by atoms with E-state index in [1.807, 2.05) is 41.1 Å². The largest absolute Gasteiger partial charge is 0.337 e. The van der Waals surface area contributed by atoms with E-state index in [0.29, 0.717) is 10.0 Å². The molecule has 1 aromatic heterocycles. The Morgan fingerprint density at radius 1 is 1.13 bits per heavy atom. The Balaban J connectivity index is 1.86. The highest BCUT2D eigenvalue weighted by Gasteiger charge is 2.17. The summed E-state index contributed by atoms with van der Waals surface area (Å²) in [7, 11) is 0. The molecule has 30 heavy (non-hydrogen) atoms. The third-order valence-corrected chi connectivity index (χ3v) is 5.96. The van der Waals surface area contributed by atoms with Crippen molar-refractivity contribution >= 4 is 45.7 Å². The van der Waals surface area contributed by atoms with Gasteiger partial charge in [-0.15, -0.1) is 0 Å². The number of rotatable bonds is 7. The van der Waals surface area contributed by atoms with Crippen LogP contribution >= 0.6 is 23.2 Å². The lowest BCUT2D eigenvalue weighted by atomic mass is 9.87. The molecule has 0 spiro atoms. The van der Waals surface area contributed by atoms with E-state index >= 15 is 0 Å². The number of hydrogen-bond donors (Lipinski definition) is 2. The van der Waals surface area contributed by atoms with E-state index in [2.05, 4.69) is 44.4 Å². The van der Waals surface area contributed by atoms with E-state index in [1.165, 1.54) is 5.56 Å². The van der Waals surface area contributed by atoms with Gasteiger partial charge >= 0.3 is 0 Å². The molecule has 0 aliphatic carbocycles. The minimum Gasteiger partial charge on any atom is -0.337 e. The van der Waals surface area contributed by atoms with E-state index in [-0.39, 0.29) is 17.9 Å². The van der Waals surface area contributed by atoms with Crippen LogP contribution in [0.15, 0.2) is 42.6 Å². The van der Waals surface area contributed by atoms with Gasteiger partial charge in [0.1, 0.15) is 6.54 Å².